The Hall–Kier alpha value is -2.02. The molecular formula is C19H23FN4OS. The van der Waals surface area contributed by atoms with Gasteiger partial charge >= 0.3 is 0 Å². The topological polar surface area (TPSA) is 49.3 Å². The van der Waals surface area contributed by atoms with Crippen LogP contribution in [0.4, 0.5) is 9.52 Å². The van der Waals surface area contributed by atoms with E-state index >= 15 is 0 Å². The molecule has 5 nitrogen and oxygen atoms in total. The highest BCUT2D eigenvalue weighted by atomic mass is 32.1. The van der Waals surface area contributed by atoms with Crippen LogP contribution in [0.25, 0.3) is 0 Å². The second-order valence-corrected chi connectivity index (χ2v) is 8.20. The molecule has 0 unspecified atom stereocenters. The molecule has 2 aliphatic rings. The number of aromatic nitrogens is 2. The third-order valence-corrected chi connectivity index (χ3v) is 6.28. The van der Waals surface area contributed by atoms with Crippen molar-refractivity contribution >= 4 is 22.4 Å². The van der Waals surface area contributed by atoms with Gasteiger partial charge in [-0.05, 0) is 30.4 Å². The monoisotopic (exact) mass is 374 g/mol. The van der Waals surface area contributed by atoms with E-state index in [1.165, 1.54) is 43.1 Å². The summed E-state index contributed by atoms with van der Waals surface area (Å²) in [5.41, 5.74) is 0.618. The average Bonchev–Trinajstić information content (AvgIpc) is 3.31. The van der Waals surface area contributed by atoms with Crippen LogP contribution in [0.5, 0.6) is 0 Å². The van der Waals surface area contributed by atoms with Crippen molar-refractivity contribution in [3.05, 3.63) is 40.7 Å². The van der Waals surface area contributed by atoms with E-state index in [1.807, 2.05) is 15.9 Å². The van der Waals surface area contributed by atoms with Gasteiger partial charge < -0.3 is 9.80 Å². The Bertz CT molecular complexity index is 774. The fourth-order valence-corrected chi connectivity index (χ4v) is 4.70. The van der Waals surface area contributed by atoms with Gasteiger partial charge in [0.1, 0.15) is 10.8 Å². The van der Waals surface area contributed by atoms with Crippen LogP contribution in [-0.4, -0.2) is 47.2 Å². The van der Waals surface area contributed by atoms with Gasteiger partial charge in [-0.15, -0.1) is 10.2 Å². The maximum atomic E-state index is 13.8. The quantitative estimate of drug-likeness (QED) is 0.807. The van der Waals surface area contributed by atoms with Gasteiger partial charge in [-0.25, -0.2) is 4.39 Å². The van der Waals surface area contributed by atoms with E-state index in [-0.39, 0.29) is 11.7 Å². The first kappa shape index (κ1) is 17.4. The summed E-state index contributed by atoms with van der Waals surface area (Å²) in [6.07, 6.45) is 5.54. The maximum absolute atomic E-state index is 13.8. The van der Waals surface area contributed by atoms with E-state index < -0.39 is 0 Å². The molecule has 0 radical (unpaired) electrons. The number of halogens is 1. The summed E-state index contributed by atoms with van der Waals surface area (Å²) < 4.78 is 13.8. The minimum absolute atomic E-state index is 0.175. The van der Waals surface area contributed by atoms with E-state index in [2.05, 4.69) is 10.2 Å². The lowest BCUT2D eigenvalue weighted by Gasteiger charge is -2.35. The summed E-state index contributed by atoms with van der Waals surface area (Å²) in [7, 11) is 0. The highest BCUT2D eigenvalue weighted by Crippen LogP contribution is 2.28. The molecule has 4 rings (SSSR count). The Morgan fingerprint density at radius 2 is 1.96 bits per heavy atom. The summed E-state index contributed by atoms with van der Waals surface area (Å²) in [6.45, 7) is 2.80. The molecule has 1 aliphatic carbocycles. The zero-order valence-corrected chi connectivity index (χ0v) is 15.6. The van der Waals surface area contributed by atoms with E-state index in [0.29, 0.717) is 24.4 Å². The van der Waals surface area contributed by atoms with Crippen molar-refractivity contribution in [1.82, 2.24) is 15.1 Å². The van der Waals surface area contributed by atoms with Gasteiger partial charge in [0.15, 0.2) is 0 Å². The Morgan fingerprint density at radius 1 is 1.15 bits per heavy atom. The van der Waals surface area contributed by atoms with E-state index in [1.54, 1.807) is 12.1 Å². The fraction of sp³-hybridized carbons (Fsp3) is 0.526. The number of hydrogen-bond donors (Lipinski definition) is 0. The number of benzene rings is 1. The average molecular weight is 374 g/mol. The molecule has 2 aromatic rings. The van der Waals surface area contributed by atoms with Gasteiger partial charge in [0, 0.05) is 26.1 Å². The molecule has 1 aromatic heterocycles. The summed E-state index contributed by atoms with van der Waals surface area (Å²) in [5.74, 6) is 0.633. The minimum Gasteiger partial charge on any atom is -0.339 e. The van der Waals surface area contributed by atoms with Crippen molar-refractivity contribution in [2.24, 2.45) is 5.92 Å². The number of carbonyl (C=O) groups excluding carboxylic acids is 1. The lowest BCUT2D eigenvalue weighted by atomic mass is 10.1. The smallest absolute Gasteiger partial charge is 0.242 e. The van der Waals surface area contributed by atoms with Gasteiger partial charge in [-0.1, -0.05) is 42.4 Å². The van der Waals surface area contributed by atoms with Gasteiger partial charge in [0.25, 0.3) is 0 Å². The zero-order chi connectivity index (χ0) is 17.9. The number of piperazine rings is 1. The highest BCUT2D eigenvalue weighted by molar-refractivity contribution is 7.15. The van der Waals surface area contributed by atoms with Gasteiger partial charge in [0.2, 0.25) is 11.0 Å². The molecule has 1 aromatic carbocycles. The van der Waals surface area contributed by atoms with Crippen molar-refractivity contribution in [3.63, 3.8) is 0 Å². The fourth-order valence-electron chi connectivity index (χ4n) is 3.82. The molecule has 138 valence electrons. The summed E-state index contributed by atoms with van der Waals surface area (Å²) in [5, 5.41) is 9.94. The van der Waals surface area contributed by atoms with Gasteiger partial charge in [0.05, 0.1) is 6.54 Å². The molecule has 7 heteroatoms. The summed E-state index contributed by atoms with van der Waals surface area (Å²) in [6, 6.07) is 6.73. The highest BCUT2D eigenvalue weighted by Gasteiger charge is 2.28. The molecule has 0 bridgehead atoms. The number of carbonyl (C=O) groups is 1. The number of nitrogens with zero attached hydrogens (tertiary/aromatic N) is 4. The van der Waals surface area contributed by atoms with Crippen LogP contribution in [0, 0.1) is 11.7 Å². The van der Waals surface area contributed by atoms with Crippen LogP contribution in [0.2, 0.25) is 0 Å². The van der Waals surface area contributed by atoms with Crippen LogP contribution < -0.4 is 4.90 Å². The summed E-state index contributed by atoms with van der Waals surface area (Å²) in [4.78, 5) is 16.5. The molecule has 2 fully saturated rings. The number of rotatable bonds is 5. The van der Waals surface area contributed by atoms with Crippen molar-refractivity contribution < 1.29 is 9.18 Å². The van der Waals surface area contributed by atoms with Crippen LogP contribution >= 0.6 is 11.3 Å². The standard InChI is InChI=1S/C19H23FN4OS/c20-16-8-4-3-7-15(16)11-17-21-22-19(26-17)24-10-9-23(18(25)13-24)12-14-5-1-2-6-14/h3-4,7-8,14H,1-2,5-6,9-13H2. The van der Waals surface area contributed by atoms with E-state index in [9.17, 15) is 9.18 Å². The van der Waals surface area contributed by atoms with Crippen molar-refractivity contribution in [3.8, 4) is 0 Å². The molecule has 1 amide bonds. The first-order valence-electron chi connectivity index (χ1n) is 9.27. The largest absolute Gasteiger partial charge is 0.339 e. The molecule has 0 spiro atoms. The second-order valence-electron chi connectivity index (χ2n) is 7.16. The Balaban J connectivity index is 1.36. The lowest BCUT2D eigenvalue weighted by Crippen LogP contribution is -2.51. The molecule has 1 saturated heterocycles. The predicted octanol–water partition coefficient (Wildman–Crippen LogP) is 3.11. The second kappa shape index (κ2) is 7.70. The number of hydrogen-bond acceptors (Lipinski definition) is 5. The predicted molar refractivity (Wildman–Crippen MR) is 99.9 cm³/mol. The van der Waals surface area contributed by atoms with Crippen LogP contribution in [0.15, 0.2) is 24.3 Å². The van der Waals surface area contributed by atoms with E-state index in [4.69, 9.17) is 0 Å². The lowest BCUT2D eigenvalue weighted by molar-refractivity contribution is -0.131. The number of anilines is 1. The van der Waals surface area contributed by atoms with Gasteiger partial charge in [-0.3, -0.25) is 4.79 Å². The normalized spacial score (nSPS) is 18.7. The van der Waals surface area contributed by atoms with Crippen molar-refractivity contribution in [2.45, 2.75) is 32.1 Å². The van der Waals surface area contributed by atoms with Crippen molar-refractivity contribution in [2.75, 3.05) is 31.1 Å². The van der Waals surface area contributed by atoms with Gasteiger partial charge in [-0.2, -0.15) is 0 Å². The maximum Gasteiger partial charge on any atom is 0.242 e. The molecule has 1 aliphatic heterocycles. The molecule has 0 atom stereocenters. The Labute approximate surface area is 156 Å². The molecule has 1 saturated carbocycles. The van der Waals surface area contributed by atoms with Crippen molar-refractivity contribution in [1.29, 1.82) is 0 Å². The van der Waals surface area contributed by atoms with Crippen LogP contribution in [-0.2, 0) is 11.2 Å². The SMILES string of the molecule is O=C1CN(c2nnc(Cc3ccccc3F)s2)CCN1CC1CCCC1. The Morgan fingerprint density at radius 3 is 2.73 bits per heavy atom. The minimum atomic E-state index is -0.222. The number of amides is 1. The molecular weight excluding hydrogens is 351 g/mol. The first-order valence-corrected chi connectivity index (χ1v) is 10.1. The molecule has 0 N–H and O–H groups in total. The third kappa shape index (κ3) is 3.87. The molecule has 2 heterocycles. The zero-order valence-electron chi connectivity index (χ0n) is 14.7. The first-order chi connectivity index (χ1) is 12.7. The van der Waals surface area contributed by atoms with E-state index in [0.717, 1.165) is 29.8 Å². The summed E-state index contributed by atoms with van der Waals surface area (Å²) >= 11 is 1.45. The van der Waals surface area contributed by atoms with Crippen LogP contribution in [0.3, 0.4) is 0 Å². The third-order valence-electron chi connectivity index (χ3n) is 5.30. The molecule has 26 heavy (non-hydrogen) atoms. The Kier molecular flexibility index (Phi) is 5.15. The van der Waals surface area contributed by atoms with Crippen LogP contribution in [0.1, 0.15) is 36.3 Å².